The van der Waals surface area contributed by atoms with E-state index in [1.807, 2.05) is 24.3 Å². The molecule has 2 aliphatic heterocycles. The van der Waals surface area contributed by atoms with E-state index in [1.165, 1.54) is 13.0 Å². The van der Waals surface area contributed by atoms with Crippen molar-refractivity contribution in [2.45, 2.75) is 38.2 Å². The Morgan fingerprint density at radius 1 is 1.29 bits per heavy atom. The van der Waals surface area contributed by atoms with Crippen molar-refractivity contribution < 1.29 is 4.84 Å². The molecule has 4 heteroatoms. The summed E-state index contributed by atoms with van der Waals surface area (Å²) in [5.41, 5.74) is 2.68. The van der Waals surface area contributed by atoms with Crippen molar-refractivity contribution in [3.05, 3.63) is 41.2 Å². The molecule has 0 atom stereocenters. The molecule has 1 spiro atoms. The van der Waals surface area contributed by atoms with Crippen molar-refractivity contribution in [1.82, 2.24) is 4.90 Å². The molecule has 2 heterocycles. The van der Waals surface area contributed by atoms with Gasteiger partial charge in [0.25, 0.3) is 0 Å². The van der Waals surface area contributed by atoms with E-state index in [2.05, 4.69) is 21.8 Å². The second kappa shape index (κ2) is 5.87. The van der Waals surface area contributed by atoms with E-state index >= 15 is 0 Å². The van der Waals surface area contributed by atoms with Crippen molar-refractivity contribution in [1.29, 1.82) is 0 Å². The summed E-state index contributed by atoms with van der Waals surface area (Å²) in [7, 11) is 0. The number of hydrogen-bond acceptors (Lipinski definition) is 3. The first-order valence-corrected chi connectivity index (χ1v) is 7.70. The molecule has 1 aromatic carbocycles. The van der Waals surface area contributed by atoms with Gasteiger partial charge in [-0.2, -0.15) is 0 Å². The molecule has 110 valence electrons. The lowest BCUT2D eigenvalue weighted by atomic mass is 9.85. The Morgan fingerprint density at radius 2 is 2.00 bits per heavy atom. The number of nitrogens with zero attached hydrogens (tertiary/aromatic N) is 3. The summed E-state index contributed by atoms with van der Waals surface area (Å²) in [6.45, 7) is 12.6. The standard InChI is InChI=1S/C17H21N3O/c1-3-10-20-11-8-17(9-12-20)13-16(19-21-17)14-4-6-15(18-2)7-5-14/h4-7H,3,8-13H2,1H3. The minimum absolute atomic E-state index is 0.0853. The Bertz CT molecular complexity index is 563. The van der Waals surface area contributed by atoms with E-state index < -0.39 is 0 Å². The fourth-order valence-corrected chi connectivity index (χ4v) is 3.17. The van der Waals surface area contributed by atoms with Gasteiger partial charge in [0, 0.05) is 32.4 Å². The van der Waals surface area contributed by atoms with E-state index in [0.29, 0.717) is 5.69 Å². The van der Waals surface area contributed by atoms with Gasteiger partial charge in [-0.05, 0) is 18.5 Å². The number of benzene rings is 1. The van der Waals surface area contributed by atoms with Gasteiger partial charge in [0.15, 0.2) is 5.69 Å². The Kier molecular flexibility index (Phi) is 3.94. The molecule has 0 aliphatic carbocycles. The average molecular weight is 283 g/mol. The van der Waals surface area contributed by atoms with E-state index in [0.717, 1.165) is 43.6 Å². The summed E-state index contributed by atoms with van der Waals surface area (Å²) in [6.07, 6.45) is 4.22. The maximum atomic E-state index is 7.00. The van der Waals surface area contributed by atoms with Crippen molar-refractivity contribution in [3.63, 3.8) is 0 Å². The predicted octanol–water partition coefficient (Wildman–Crippen LogP) is 3.61. The molecule has 1 aromatic rings. The highest BCUT2D eigenvalue weighted by atomic mass is 16.7. The number of oxime groups is 1. The fraction of sp³-hybridized carbons (Fsp3) is 0.529. The average Bonchev–Trinajstić information content (AvgIpc) is 2.94. The lowest BCUT2D eigenvalue weighted by Gasteiger charge is -2.37. The molecule has 4 nitrogen and oxygen atoms in total. The zero-order chi connectivity index (χ0) is 14.7. The van der Waals surface area contributed by atoms with Gasteiger partial charge in [-0.3, -0.25) is 0 Å². The highest BCUT2D eigenvalue weighted by molar-refractivity contribution is 6.01. The van der Waals surface area contributed by atoms with E-state index in [-0.39, 0.29) is 5.60 Å². The highest BCUT2D eigenvalue weighted by Gasteiger charge is 2.41. The van der Waals surface area contributed by atoms with E-state index in [9.17, 15) is 0 Å². The molecule has 3 rings (SSSR count). The van der Waals surface area contributed by atoms with Crippen LogP contribution in [0.4, 0.5) is 5.69 Å². The molecule has 0 bridgehead atoms. The first-order valence-electron chi connectivity index (χ1n) is 7.70. The normalized spacial score (nSPS) is 20.9. The van der Waals surface area contributed by atoms with Crippen LogP contribution in [0.2, 0.25) is 0 Å². The summed E-state index contributed by atoms with van der Waals surface area (Å²) in [4.78, 5) is 11.8. The summed E-state index contributed by atoms with van der Waals surface area (Å²) >= 11 is 0. The van der Waals surface area contributed by atoms with Crippen LogP contribution < -0.4 is 0 Å². The minimum atomic E-state index is -0.0853. The SMILES string of the molecule is [C-]#[N+]c1ccc(C2=NOC3(CCN(CCC)CC3)C2)cc1. The molecule has 0 unspecified atom stereocenters. The fourth-order valence-electron chi connectivity index (χ4n) is 3.17. The summed E-state index contributed by atoms with van der Waals surface area (Å²) in [5, 5.41) is 4.33. The van der Waals surface area contributed by atoms with Gasteiger partial charge in [-0.15, -0.1) is 0 Å². The molecule has 0 N–H and O–H groups in total. The Balaban J connectivity index is 1.63. The van der Waals surface area contributed by atoms with Crippen LogP contribution in [0, 0.1) is 6.57 Å². The molecule has 0 saturated carbocycles. The van der Waals surface area contributed by atoms with E-state index in [1.54, 1.807) is 0 Å². The number of piperidine rings is 1. The van der Waals surface area contributed by atoms with Crippen molar-refractivity contribution >= 4 is 11.4 Å². The zero-order valence-electron chi connectivity index (χ0n) is 12.5. The van der Waals surface area contributed by atoms with Gasteiger partial charge in [0.2, 0.25) is 0 Å². The Labute approximate surface area is 126 Å². The van der Waals surface area contributed by atoms with Gasteiger partial charge < -0.3 is 9.74 Å². The Morgan fingerprint density at radius 3 is 2.62 bits per heavy atom. The predicted molar refractivity (Wildman–Crippen MR) is 83.6 cm³/mol. The molecule has 0 amide bonds. The molecule has 1 fully saturated rings. The van der Waals surface area contributed by atoms with Gasteiger partial charge >= 0.3 is 0 Å². The van der Waals surface area contributed by atoms with Crippen LogP contribution in [-0.4, -0.2) is 35.8 Å². The second-order valence-electron chi connectivity index (χ2n) is 5.99. The second-order valence-corrected chi connectivity index (χ2v) is 5.99. The first kappa shape index (κ1) is 14.1. The highest BCUT2D eigenvalue weighted by Crippen LogP contribution is 2.36. The third kappa shape index (κ3) is 2.93. The third-order valence-corrected chi connectivity index (χ3v) is 4.48. The molecular weight excluding hydrogens is 262 g/mol. The topological polar surface area (TPSA) is 29.2 Å². The van der Waals surface area contributed by atoms with Gasteiger partial charge in [0.05, 0.1) is 12.3 Å². The third-order valence-electron chi connectivity index (χ3n) is 4.48. The van der Waals surface area contributed by atoms with Gasteiger partial charge in [-0.25, -0.2) is 4.85 Å². The van der Waals surface area contributed by atoms with Crippen LogP contribution in [0.1, 0.15) is 38.2 Å². The number of hydrogen-bond donors (Lipinski definition) is 0. The molecular formula is C17H21N3O. The van der Waals surface area contributed by atoms with Crippen LogP contribution in [0.15, 0.2) is 29.4 Å². The largest absolute Gasteiger partial charge is 0.388 e. The van der Waals surface area contributed by atoms with Gasteiger partial charge in [-0.1, -0.05) is 36.3 Å². The van der Waals surface area contributed by atoms with Crippen LogP contribution in [0.5, 0.6) is 0 Å². The van der Waals surface area contributed by atoms with Crippen molar-refractivity contribution in [2.24, 2.45) is 5.16 Å². The summed E-state index contributed by atoms with van der Waals surface area (Å²) in [6, 6.07) is 7.64. The van der Waals surface area contributed by atoms with E-state index in [4.69, 9.17) is 11.4 Å². The molecule has 1 saturated heterocycles. The summed E-state index contributed by atoms with van der Waals surface area (Å²) in [5.74, 6) is 0. The van der Waals surface area contributed by atoms with Gasteiger partial charge in [0.1, 0.15) is 5.60 Å². The smallest absolute Gasteiger partial charge is 0.187 e. The monoisotopic (exact) mass is 283 g/mol. The first-order chi connectivity index (χ1) is 10.2. The van der Waals surface area contributed by atoms with Crippen molar-refractivity contribution in [3.8, 4) is 0 Å². The molecule has 0 aromatic heterocycles. The quantitative estimate of drug-likeness (QED) is 0.793. The molecule has 0 radical (unpaired) electrons. The lowest BCUT2D eigenvalue weighted by molar-refractivity contribution is -0.0613. The minimum Gasteiger partial charge on any atom is -0.388 e. The molecule has 21 heavy (non-hydrogen) atoms. The zero-order valence-corrected chi connectivity index (χ0v) is 12.5. The van der Waals surface area contributed by atoms with Crippen LogP contribution >= 0.6 is 0 Å². The van der Waals surface area contributed by atoms with Crippen LogP contribution in [-0.2, 0) is 4.84 Å². The number of rotatable bonds is 3. The van der Waals surface area contributed by atoms with Crippen LogP contribution in [0.25, 0.3) is 4.85 Å². The number of likely N-dealkylation sites (tertiary alicyclic amines) is 1. The Hall–Kier alpha value is -1.86. The maximum absolute atomic E-state index is 7.00. The maximum Gasteiger partial charge on any atom is 0.187 e. The lowest BCUT2D eigenvalue weighted by Crippen LogP contribution is -2.44. The summed E-state index contributed by atoms with van der Waals surface area (Å²) < 4.78 is 0. The van der Waals surface area contributed by atoms with Crippen molar-refractivity contribution in [2.75, 3.05) is 19.6 Å². The van der Waals surface area contributed by atoms with Crippen LogP contribution in [0.3, 0.4) is 0 Å². The molecule has 2 aliphatic rings.